The summed E-state index contributed by atoms with van der Waals surface area (Å²) in [5, 5.41) is 10.5. The molecule has 0 amide bonds. The van der Waals surface area contributed by atoms with Gasteiger partial charge in [-0.2, -0.15) is 0 Å². The van der Waals surface area contributed by atoms with E-state index in [1.807, 2.05) is 31.2 Å². The van der Waals surface area contributed by atoms with Gasteiger partial charge in [0.25, 0.3) is 0 Å². The van der Waals surface area contributed by atoms with Crippen molar-refractivity contribution in [3.8, 4) is 5.75 Å². The zero-order valence-corrected chi connectivity index (χ0v) is 12.4. The topological polar surface area (TPSA) is 41.9 Å². The fourth-order valence-corrected chi connectivity index (χ4v) is 2.61. The highest BCUT2D eigenvalue weighted by molar-refractivity contribution is 5.30. The van der Waals surface area contributed by atoms with Crippen molar-refractivity contribution in [2.24, 2.45) is 0 Å². The van der Waals surface area contributed by atoms with Crippen LogP contribution in [0.4, 0.5) is 0 Å². The van der Waals surface area contributed by atoms with Crippen molar-refractivity contribution in [2.45, 2.75) is 32.5 Å². The van der Waals surface area contributed by atoms with Crippen LogP contribution in [0.5, 0.6) is 5.75 Å². The van der Waals surface area contributed by atoms with E-state index >= 15 is 0 Å². The highest BCUT2D eigenvalue weighted by Gasteiger charge is 2.27. The Morgan fingerprint density at radius 1 is 1.45 bits per heavy atom. The van der Waals surface area contributed by atoms with Crippen molar-refractivity contribution in [3.63, 3.8) is 0 Å². The Kier molecular flexibility index (Phi) is 5.83. The lowest BCUT2D eigenvalue weighted by molar-refractivity contribution is -0.0898. The molecule has 2 atom stereocenters. The van der Waals surface area contributed by atoms with E-state index in [0.717, 1.165) is 37.4 Å². The Hall–Kier alpha value is -1.10. The summed E-state index contributed by atoms with van der Waals surface area (Å²) in [6, 6.07) is 7.65. The normalized spacial score (nSPS) is 21.6. The van der Waals surface area contributed by atoms with Crippen LogP contribution in [-0.4, -0.2) is 49.0 Å². The van der Waals surface area contributed by atoms with Crippen molar-refractivity contribution >= 4 is 0 Å². The number of aliphatic hydroxyl groups excluding tert-OH is 1. The fourth-order valence-electron chi connectivity index (χ4n) is 2.61. The largest absolute Gasteiger partial charge is 0.494 e. The third kappa shape index (κ3) is 3.95. The van der Waals surface area contributed by atoms with Crippen molar-refractivity contribution in [1.82, 2.24) is 4.90 Å². The first kappa shape index (κ1) is 15.3. The van der Waals surface area contributed by atoms with Gasteiger partial charge in [-0.15, -0.1) is 0 Å². The van der Waals surface area contributed by atoms with Gasteiger partial charge in [0.2, 0.25) is 0 Å². The maximum Gasteiger partial charge on any atom is 0.119 e. The van der Waals surface area contributed by atoms with Crippen LogP contribution in [0.15, 0.2) is 24.3 Å². The van der Waals surface area contributed by atoms with E-state index in [1.54, 1.807) is 0 Å². The molecule has 0 aromatic heterocycles. The van der Waals surface area contributed by atoms with Gasteiger partial charge in [-0.05, 0) is 37.6 Å². The molecule has 1 heterocycles. The molecule has 1 aromatic rings. The Balaban J connectivity index is 2.02. The maximum atomic E-state index is 10.5. The average Bonchev–Trinajstić information content (AvgIpc) is 2.48. The Labute approximate surface area is 121 Å². The number of aliphatic hydroxyl groups is 1. The summed E-state index contributed by atoms with van der Waals surface area (Å²) >= 11 is 0. The molecule has 1 fully saturated rings. The van der Waals surface area contributed by atoms with E-state index in [0.29, 0.717) is 13.2 Å². The van der Waals surface area contributed by atoms with E-state index in [9.17, 15) is 5.11 Å². The Morgan fingerprint density at radius 2 is 2.30 bits per heavy atom. The SMILES string of the molecule is CCCN1CCOC(C(O)c2cccc(OCC)c2)C1. The van der Waals surface area contributed by atoms with E-state index in [1.165, 1.54) is 0 Å². The zero-order chi connectivity index (χ0) is 14.4. The van der Waals surface area contributed by atoms with E-state index in [4.69, 9.17) is 9.47 Å². The quantitative estimate of drug-likeness (QED) is 0.867. The monoisotopic (exact) mass is 279 g/mol. The van der Waals surface area contributed by atoms with Gasteiger partial charge in [-0.3, -0.25) is 4.90 Å². The molecular weight excluding hydrogens is 254 g/mol. The Morgan fingerprint density at radius 3 is 3.05 bits per heavy atom. The lowest BCUT2D eigenvalue weighted by atomic mass is 10.0. The molecule has 0 aliphatic carbocycles. The number of rotatable bonds is 6. The summed E-state index contributed by atoms with van der Waals surface area (Å²) in [4.78, 5) is 2.35. The lowest BCUT2D eigenvalue weighted by Crippen LogP contribution is -2.45. The predicted octanol–water partition coefficient (Wildman–Crippen LogP) is 2.23. The molecule has 2 rings (SSSR count). The molecule has 20 heavy (non-hydrogen) atoms. The first-order chi connectivity index (χ1) is 9.74. The molecule has 1 aliphatic heterocycles. The molecule has 0 saturated carbocycles. The minimum atomic E-state index is -0.602. The van der Waals surface area contributed by atoms with E-state index < -0.39 is 6.10 Å². The van der Waals surface area contributed by atoms with Gasteiger partial charge < -0.3 is 14.6 Å². The van der Waals surface area contributed by atoms with Crippen LogP contribution in [0.2, 0.25) is 0 Å². The number of ether oxygens (including phenoxy) is 2. The van der Waals surface area contributed by atoms with Crippen LogP contribution in [0, 0.1) is 0 Å². The third-order valence-corrected chi connectivity index (χ3v) is 3.58. The van der Waals surface area contributed by atoms with Crippen LogP contribution < -0.4 is 4.74 Å². The molecule has 0 bridgehead atoms. The summed E-state index contributed by atoms with van der Waals surface area (Å²) in [6.07, 6.45) is 0.366. The number of hydrogen-bond donors (Lipinski definition) is 1. The first-order valence-corrected chi connectivity index (χ1v) is 7.49. The number of hydrogen-bond acceptors (Lipinski definition) is 4. The van der Waals surface area contributed by atoms with Crippen molar-refractivity contribution < 1.29 is 14.6 Å². The van der Waals surface area contributed by atoms with Crippen LogP contribution in [0.3, 0.4) is 0 Å². The van der Waals surface area contributed by atoms with Crippen LogP contribution in [-0.2, 0) is 4.74 Å². The molecule has 2 unspecified atom stereocenters. The van der Waals surface area contributed by atoms with Crippen LogP contribution in [0.25, 0.3) is 0 Å². The lowest BCUT2D eigenvalue weighted by Gasteiger charge is -2.35. The highest BCUT2D eigenvalue weighted by Crippen LogP contribution is 2.25. The van der Waals surface area contributed by atoms with Gasteiger partial charge in [0.15, 0.2) is 0 Å². The smallest absolute Gasteiger partial charge is 0.119 e. The number of morpholine rings is 1. The van der Waals surface area contributed by atoms with Gasteiger partial charge in [0.05, 0.1) is 13.2 Å². The minimum Gasteiger partial charge on any atom is -0.494 e. The molecule has 1 saturated heterocycles. The number of benzene rings is 1. The van der Waals surface area contributed by atoms with Gasteiger partial charge in [0.1, 0.15) is 18.0 Å². The summed E-state index contributed by atoms with van der Waals surface area (Å²) in [7, 11) is 0. The molecular formula is C16H25NO3. The molecule has 4 nitrogen and oxygen atoms in total. The molecule has 0 radical (unpaired) electrons. The summed E-state index contributed by atoms with van der Waals surface area (Å²) in [5.41, 5.74) is 0.860. The van der Waals surface area contributed by atoms with Gasteiger partial charge in [-0.25, -0.2) is 0 Å². The van der Waals surface area contributed by atoms with E-state index in [2.05, 4.69) is 11.8 Å². The average molecular weight is 279 g/mol. The fraction of sp³-hybridized carbons (Fsp3) is 0.625. The van der Waals surface area contributed by atoms with E-state index in [-0.39, 0.29) is 6.10 Å². The third-order valence-electron chi connectivity index (χ3n) is 3.58. The minimum absolute atomic E-state index is 0.160. The Bertz CT molecular complexity index is 408. The molecule has 0 spiro atoms. The summed E-state index contributed by atoms with van der Waals surface area (Å²) in [6.45, 7) is 8.24. The van der Waals surface area contributed by atoms with Crippen LogP contribution >= 0.6 is 0 Å². The second-order valence-electron chi connectivity index (χ2n) is 5.16. The maximum absolute atomic E-state index is 10.5. The molecule has 4 heteroatoms. The van der Waals surface area contributed by atoms with Gasteiger partial charge >= 0.3 is 0 Å². The summed E-state index contributed by atoms with van der Waals surface area (Å²) < 4.78 is 11.2. The van der Waals surface area contributed by atoms with Gasteiger partial charge in [0, 0.05) is 13.1 Å². The molecule has 1 aliphatic rings. The number of nitrogens with zero attached hydrogens (tertiary/aromatic N) is 1. The standard InChI is InChI=1S/C16H25NO3/c1-3-8-17-9-10-20-15(12-17)16(18)13-6-5-7-14(11-13)19-4-2/h5-7,11,15-16,18H,3-4,8-10,12H2,1-2H3. The van der Waals surface area contributed by atoms with Crippen molar-refractivity contribution in [2.75, 3.05) is 32.8 Å². The highest BCUT2D eigenvalue weighted by atomic mass is 16.5. The summed E-state index contributed by atoms with van der Waals surface area (Å²) in [5.74, 6) is 0.797. The second kappa shape index (κ2) is 7.62. The molecule has 1 aromatic carbocycles. The molecule has 1 N–H and O–H groups in total. The van der Waals surface area contributed by atoms with Crippen LogP contribution in [0.1, 0.15) is 31.9 Å². The predicted molar refractivity (Wildman–Crippen MR) is 79.0 cm³/mol. The van der Waals surface area contributed by atoms with Gasteiger partial charge in [-0.1, -0.05) is 19.1 Å². The molecule has 112 valence electrons. The zero-order valence-electron chi connectivity index (χ0n) is 12.4. The second-order valence-corrected chi connectivity index (χ2v) is 5.16. The first-order valence-electron chi connectivity index (χ1n) is 7.49. The van der Waals surface area contributed by atoms with Crippen molar-refractivity contribution in [3.05, 3.63) is 29.8 Å². The van der Waals surface area contributed by atoms with Crippen molar-refractivity contribution in [1.29, 1.82) is 0 Å².